The molecule has 0 radical (unpaired) electrons. The summed E-state index contributed by atoms with van der Waals surface area (Å²) in [5.41, 5.74) is 25.7. The molecular weight excluding hydrogens is 777 g/mol. The number of hydrogen-bond donors (Lipinski definition) is 0. The third kappa shape index (κ3) is 4.83. The van der Waals surface area contributed by atoms with E-state index >= 15 is 0 Å². The number of allylic oxidation sites excluding steroid dienone is 2. The molecule has 4 aliphatic rings. The standard InChI is InChI=1S/C60H42N4/c1-3-35-7-9-37-13-17-45(47(5-1)59(35)37)39-15-19-55-51(29-39)53-31-41-11-12-42-32-54-52-30-40(46-18-14-38-10-8-36-4-2-6-48(46)60(36)38)16-20-56(52)64(44-23-27-62-28-24-44)58(54)34-50(42)49(41)33-57(53)63(55)43-21-25-61-26-22-43/h1-6,13-17,19-34,46H,7-12,18H2. The fourth-order valence-electron chi connectivity index (χ4n) is 12.7. The van der Waals surface area contributed by atoms with Crippen molar-refractivity contribution in [2.75, 3.05) is 0 Å². The fourth-order valence-corrected chi connectivity index (χ4v) is 12.7. The zero-order chi connectivity index (χ0) is 41.6. The van der Waals surface area contributed by atoms with Gasteiger partial charge in [0, 0.05) is 63.6 Å². The van der Waals surface area contributed by atoms with Crippen LogP contribution in [0.3, 0.4) is 0 Å². The van der Waals surface area contributed by atoms with E-state index in [0.717, 1.165) is 43.5 Å². The van der Waals surface area contributed by atoms with Crippen LogP contribution in [0.4, 0.5) is 0 Å². The van der Waals surface area contributed by atoms with E-state index in [2.05, 4.69) is 159 Å². The molecule has 11 aromatic rings. The minimum atomic E-state index is 0.360. The van der Waals surface area contributed by atoms with Crippen LogP contribution >= 0.6 is 0 Å². The molecule has 7 aromatic carbocycles. The van der Waals surface area contributed by atoms with Gasteiger partial charge in [-0.1, -0.05) is 66.7 Å². The summed E-state index contributed by atoms with van der Waals surface area (Å²) in [6.07, 6.45) is 17.9. The van der Waals surface area contributed by atoms with E-state index in [1.54, 1.807) is 5.57 Å². The zero-order valence-electron chi connectivity index (χ0n) is 35.4. The maximum Gasteiger partial charge on any atom is 0.0547 e. The normalized spacial score (nSPS) is 15.9. The molecule has 0 aliphatic heterocycles. The van der Waals surface area contributed by atoms with Gasteiger partial charge in [0.25, 0.3) is 0 Å². The van der Waals surface area contributed by atoms with Crippen molar-refractivity contribution >= 4 is 60.0 Å². The van der Waals surface area contributed by atoms with Crippen LogP contribution in [0.5, 0.6) is 0 Å². The predicted octanol–water partition coefficient (Wildman–Crippen LogP) is 14.2. The molecule has 0 amide bonds. The van der Waals surface area contributed by atoms with Crippen LogP contribution in [0.15, 0.2) is 164 Å². The molecular formula is C60H42N4. The van der Waals surface area contributed by atoms with Gasteiger partial charge >= 0.3 is 0 Å². The first-order valence-corrected chi connectivity index (χ1v) is 23.1. The van der Waals surface area contributed by atoms with Gasteiger partial charge in [-0.2, -0.15) is 0 Å². The highest BCUT2D eigenvalue weighted by molar-refractivity contribution is 6.15. The molecule has 0 fully saturated rings. The van der Waals surface area contributed by atoms with Crippen molar-refractivity contribution in [3.05, 3.63) is 209 Å². The fraction of sp³-hybridized carbons (Fsp3) is 0.133. The van der Waals surface area contributed by atoms with E-state index in [4.69, 9.17) is 0 Å². The molecule has 1 unspecified atom stereocenters. The number of rotatable bonds is 4. The van der Waals surface area contributed by atoms with Crippen molar-refractivity contribution in [2.45, 2.75) is 50.9 Å². The molecule has 4 heteroatoms. The van der Waals surface area contributed by atoms with E-state index in [0.29, 0.717) is 5.92 Å². The molecule has 4 heterocycles. The monoisotopic (exact) mass is 818 g/mol. The summed E-state index contributed by atoms with van der Waals surface area (Å²) in [7, 11) is 0. The lowest BCUT2D eigenvalue weighted by atomic mass is 9.79. The Bertz CT molecular complexity index is 3860. The Morgan fingerprint density at radius 1 is 0.422 bits per heavy atom. The second-order valence-electron chi connectivity index (χ2n) is 18.7. The van der Waals surface area contributed by atoms with Gasteiger partial charge in [0.2, 0.25) is 0 Å². The maximum absolute atomic E-state index is 4.43. The number of pyridine rings is 2. The second-order valence-corrected chi connectivity index (χ2v) is 18.7. The Morgan fingerprint density at radius 2 is 1.02 bits per heavy atom. The first kappa shape index (κ1) is 35.0. The highest BCUT2D eigenvalue weighted by Gasteiger charge is 2.30. The third-order valence-electron chi connectivity index (χ3n) is 15.5. The highest BCUT2D eigenvalue weighted by Crippen LogP contribution is 2.48. The lowest BCUT2D eigenvalue weighted by Crippen LogP contribution is -2.07. The Hall–Kier alpha value is -7.56. The van der Waals surface area contributed by atoms with Gasteiger partial charge in [-0.3, -0.25) is 9.97 Å². The molecule has 15 rings (SSSR count). The molecule has 4 aromatic heterocycles. The van der Waals surface area contributed by atoms with Gasteiger partial charge in [0.05, 0.1) is 22.1 Å². The smallest absolute Gasteiger partial charge is 0.0547 e. The summed E-state index contributed by atoms with van der Waals surface area (Å²) in [5, 5.41) is 8.07. The summed E-state index contributed by atoms with van der Waals surface area (Å²) in [6, 6.07) is 51.7. The first-order chi connectivity index (χ1) is 31.7. The predicted molar refractivity (Wildman–Crippen MR) is 263 cm³/mol. The van der Waals surface area contributed by atoms with E-state index < -0.39 is 0 Å². The van der Waals surface area contributed by atoms with Crippen LogP contribution in [-0.2, 0) is 32.1 Å². The molecule has 0 saturated carbocycles. The van der Waals surface area contributed by atoms with Crippen molar-refractivity contribution in [1.29, 1.82) is 0 Å². The summed E-state index contributed by atoms with van der Waals surface area (Å²) >= 11 is 0. The lowest BCUT2D eigenvalue weighted by Gasteiger charge is -2.25. The molecule has 4 aliphatic carbocycles. The van der Waals surface area contributed by atoms with Gasteiger partial charge in [-0.15, -0.1) is 0 Å². The lowest BCUT2D eigenvalue weighted by molar-refractivity contribution is 0.816. The molecule has 1 atom stereocenters. The average Bonchev–Trinajstić information content (AvgIpc) is 4.13. The molecule has 0 saturated heterocycles. The van der Waals surface area contributed by atoms with Crippen molar-refractivity contribution in [1.82, 2.24) is 19.1 Å². The molecule has 4 nitrogen and oxygen atoms in total. The SMILES string of the molecule is C1=C2CCc3cccc(c32)C(c2ccc3c(c2)c2cc4c(cc2n3-c2ccncc2)-c2cc3c(cc2CC4)c2cc(-c4ccc5c6c(cccc46)CC5)ccc2n3-c2ccncc2)C1. The zero-order valence-corrected chi connectivity index (χ0v) is 35.4. The van der Waals surface area contributed by atoms with Crippen molar-refractivity contribution in [3.8, 4) is 33.6 Å². The molecule has 0 bridgehead atoms. The van der Waals surface area contributed by atoms with Crippen LogP contribution in [0, 0.1) is 0 Å². The quantitative estimate of drug-likeness (QED) is 0.177. The highest BCUT2D eigenvalue weighted by atomic mass is 15.0. The topological polar surface area (TPSA) is 35.6 Å². The third-order valence-corrected chi connectivity index (χ3v) is 15.5. The summed E-state index contributed by atoms with van der Waals surface area (Å²) in [5.74, 6) is 0.360. The Kier molecular flexibility index (Phi) is 7.10. The Morgan fingerprint density at radius 3 is 1.73 bits per heavy atom. The number of nitrogens with zero attached hydrogens (tertiary/aromatic N) is 4. The Balaban J connectivity index is 0.939. The number of aryl methyl sites for hydroxylation is 5. The van der Waals surface area contributed by atoms with Crippen LogP contribution in [0.1, 0.15) is 63.3 Å². The number of aromatic nitrogens is 4. The first-order valence-electron chi connectivity index (χ1n) is 23.1. The van der Waals surface area contributed by atoms with Crippen LogP contribution in [-0.4, -0.2) is 19.1 Å². The van der Waals surface area contributed by atoms with Gasteiger partial charge in [-0.05, 0) is 201 Å². The van der Waals surface area contributed by atoms with Crippen LogP contribution < -0.4 is 0 Å². The largest absolute Gasteiger partial charge is 0.309 e. The number of benzene rings is 7. The number of fused-ring (bicyclic) bond motifs is 9. The molecule has 0 spiro atoms. The molecule has 0 N–H and O–H groups in total. The van der Waals surface area contributed by atoms with Gasteiger partial charge < -0.3 is 9.13 Å². The summed E-state index contributed by atoms with van der Waals surface area (Å²) < 4.78 is 4.93. The van der Waals surface area contributed by atoms with Crippen molar-refractivity contribution in [3.63, 3.8) is 0 Å². The minimum absolute atomic E-state index is 0.360. The van der Waals surface area contributed by atoms with E-state index in [1.807, 2.05) is 24.8 Å². The second kappa shape index (κ2) is 13.0. The van der Waals surface area contributed by atoms with Gasteiger partial charge in [0.1, 0.15) is 0 Å². The summed E-state index contributed by atoms with van der Waals surface area (Å²) in [6.45, 7) is 0. The molecule has 302 valence electrons. The number of hydrogen-bond acceptors (Lipinski definition) is 2. The summed E-state index contributed by atoms with van der Waals surface area (Å²) in [4.78, 5) is 8.86. The van der Waals surface area contributed by atoms with Gasteiger partial charge in [-0.25, -0.2) is 0 Å². The van der Waals surface area contributed by atoms with Crippen LogP contribution in [0.25, 0.3) is 93.6 Å². The molecule has 64 heavy (non-hydrogen) atoms. The van der Waals surface area contributed by atoms with E-state index in [9.17, 15) is 0 Å². The van der Waals surface area contributed by atoms with Gasteiger partial charge in [0.15, 0.2) is 0 Å². The maximum atomic E-state index is 4.43. The van der Waals surface area contributed by atoms with Crippen molar-refractivity contribution < 1.29 is 0 Å². The van der Waals surface area contributed by atoms with Crippen LogP contribution in [0.2, 0.25) is 0 Å². The van der Waals surface area contributed by atoms with Crippen molar-refractivity contribution in [2.24, 2.45) is 0 Å². The average molecular weight is 819 g/mol. The Labute approximate surface area is 370 Å². The van der Waals surface area contributed by atoms with E-state index in [-0.39, 0.29) is 0 Å². The minimum Gasteiger partial charge on any atom is -0.309 e. The van der Waals surface area contributed by atoms with E-state index in [1.165, 1.54) is 134 Å².